The van der Waals surface area contributed by atoms with Crippen LogP contribution in [-0.2, 0) is 21.3 Å². The molecular weight excluding hydrogens is 486 g/mol. The minimum atomic E-state index is -3.74. The van der Waals surface area contributed by atoms with E-state index in [0.717, 1.165) is 19.3 Å². The van der Waals surface area contributed by atoms with E-state index in [1.807, 2.05) is 6.92 Å². The molecule has 3 aromatic heterocycles. The summed E-state index contributed by atoms with van der Waals surface area (Å²) >= 11 is 0. The number of nitrogens with one attached hydrogen (secondary N) is 1. The highest BCUT2D eigenvalue weighted by Crippen LogP contribution is 2.33. The van der Waals surface area contributed by atoms with Gasteiger partial charge in [0, 0.05) is 19.6 Å². The summed E-state index contributed by atoms with van der Waals surface area (Å²) < 4.78 is 42.4. The smallest absolute Gasteiger partial charge is 0.336 e. The lowest BCUT2D eigenvalue weighted by molar-refractivity contribution is 0.0730. The van der Waals surface area contributed by atoms with Gasteiger partial charge in [-0.3, -0.25) is 4.57 Å². The van der Waals surface area contributed by atoms with Gasteiger partial charge in [-0.15, -0.1) is 10.2 Å². The maximum Gasteiger partial charge on any atom is 0.336 e. The number of H-pyrrole nitrogens is 1. The van der Waals surface area contributed by atoms with Crippen LogP contribution >= 0.6 is 0 Å². The zero-order valence-corrected chi connectivity index (χ0v) is 21.1. The monoisotopic (exact) mass is 515 g/mol. The Morgan fingerprint density at radius 1 is 1.14 bits per heavy atom. The number of hydrogen-bond acceptors (Lipinski definition) is 8. The molecule has 192 valence electrons. The summed E-state index contributed by atoms with van der Waals surface area (Å²) in [6, 6.07) is 4.80. The van der Waals surface area contributed by atoms with Crippen LogP contribution in [0.2, 0.25) is 0 Å². The normalized spacial score (nSPS) is 15.2. The highest BCUT2D eigenvalue weighted by atomic mass is 32.2. The van der Waals surface area contributed by atoms with E-state index in [-0.39, 0.29) is 10.6 Å². The summed E-state index contributed by atoms with van der Waals surface area (Å²) in [6.07, 6.45) is 3.91. The van der Waals surface area contributed by atoms with Gasteiger partial charge in [-0.25, -0.2) is 22.6 Å². The van der Waals surface area contributed by atoms with Crippen LogP contribution in [0, 0.1) is 0 Å². The zero-order valence-electron chi connectivity index (χ0n) is 20.3. The van der Waals surface area contributed by atoms with Gasteiger partial charge < -0.3 is 14.5 Å². The quantitative estimate of drug-likeness (QED) is 0.335. The molecule has 4 aromatic rings. The van der Waals surface area contributed by atoms with E-state index in [2.05, 4.69) is 22.1 Å². The van der Waals surface area contributed by atoms with Crippen LogP contribution in [0.1, 0.15) is 33.1 Å². The standard InChI is InChI=1S/C23H29N7O5S/c1-3-5-11-35-18-7-6-16(36(32,33)28-9-12-34-13-10-28)14-17(18)20-25-19-21(26-20)29(8-4-2)23(31)30-15-24-27-22(19)30/h6-7,14-15H,3-5,8-13H2,1-2H3,(H,25,26). The predicted octanol–water partition coefficient (Wildman–Crippen LogP) is 2.04. The van der Waals surface area contributed by atoms with Gasteiger partial charge >= 0.3 is 5.69 Å². The number of sulfonamides is 1. The molecule has 5 rings (SSSR count). The van der Waals surface area contributed by atoms with Gasteiger partial charge in [-0.2, -0.15) is 4.31 Å². The first-order valence-electron chi connectivity index (χ1n) is 12.1. The number of fused-ring (bicyclic) bond motifs is 3. The van der Waals surface area contributed by atoms with Crippen LogP contribution in [0.5, 0.6) is 5.75 Å². The number of rotatable bonds is 9. The van der Waals surface area contributed by atoms with Crippen LogP contribution < -0.4 is 10.4 Å². The van der Waals surface area contributed by atoms with Gasteiger partial charge in [0.05, 0.1) is 30.3 Å². The molecule has 4 heterocycles. The van der Waals surface area contributed by atoms with E-state index >= 15 is 0 Å². The Morgan fingerprint density at radius 3 is 2.69 bits per heavy atom. The highest BCUT2D eigenvalue weighted by molar-refractivity contribution is 7.89. The number of hydrogen-bond donors (Lipinski definition) is 1. The van der Waals surface area contributed by atoms with Crippen LogP contribution in [0.4, 0.5) is 0 Å². The molecule has 1 saturated heterocycles. The molecule has 0 spiro atoms. The van der Waals surface area contributed by atoms with Crippen LogP contribution in [0.15, 0.2) is 34.2 Å². The second-order valence-electron chi connectivity index (χ2n) is 8.62. The van der Waals surface area contributed by atoms with Crippen molar-refractivity contribution < 1.29 is 17.9 Å². The summed E-state index contributed by atoms with van der Waals surface area (Å²) in [5, 5.41) is 7.99. The molecule has 0 atom stereocenters. The molecule has 1 aromatic carbocycles. The summed E-state index contributed by atoms with van der Waals surface area (Å²) in [7, 11) is -3.74. The molecule has 1 aliphatic rings. The Morgan fingerprint density at radius 2 is 1.94 bits per heavy atom. The highest BCUT2D eigenvalue weighted by Gasteiger charge is 2.28. The lowest BCUT2D eigenvalue weighted by Gasteiger charge is -2.26. The van der Waals surface area contributed by atoms with Crippen molar-refractivity contribution in [1.82, 2.24) is 33.4 Å². The maximum atomic E-state index is 13.4. The first kappa shape index (κ1) is 24.4. The van der Waals surface area contributed by atoms with E-state index in [4.69, 9.17) is 14.5 Å². The van der Waals surface area contributed by atoms with Gasteiger partial charge in [0.25, 0.3) is 0 Å². The van der Waals surface area contributed by atoms with E-state index < -0.39 is 10.0 Å². The first-order valence-corrected chi connectivity index (χ1v) is 13.6. The topological polar surface area (TPSA) is 137 Å². The molecule has 12 nitrogen and oxygen atoms in total. The van der Waals surface area contributed by atoms with Gasteiger partial charge in [0.1, 0.15) is 23.4 Å². The van der Waals surface area contributed by atoms with Crippen molar-refractivity contribution in [2.24, 2.45) is 0 Å². The predicted molar refractivity (Wildman–Crippen MR) is 133 cm³/mol. The Kier molecular flexibility index (Phi) is 6.77. The van der Waals surface area contributed by atoms with Gasteiger partial charge in [0.15, 0.2) is 11.3 Å². The second kappa shape index (κ2) is 9.99. The largest absolute Gasteiger partial charge is 0.493 e. The lowest BCUT2D eigenvalue weighted by atomic mass is 10.2. The van der Waals surface area contributed by atoms with Gasteiger partial charge in [-0.1, -0.05) is 20.3 Å². The number of morpholine rings is 1. The Labute approximate surface area is 207 Å². The molecule has 0 bridgehead atoms. The van der Waals surface area contributed by atoms with Crippen LogP contribution in [0.25, 0.3) is 28.2 Å². The van der Waals surface area contributed by atoms with Crippen molar-refractivity contribution in [3.63, 3.8) is 0 Å². The molecule has 1 fully saturated rings. The van der Waals surface area contributed by atoms with E-state index in [9.17, 15) is 13.2 Å². The Bertz CT molecular complexity index is 1550. The van der Waals surface area contributed by atoms with Gasteiger partial charge in [0.2, 0.25) is 10.0 Å². The molecule has 0 radical (unpaired) electrons. The van der Waals surface area contributed by atoms with Crippen molar-refractivity contribution >= 4 is 26.8 Å². The summed E-state index contributed by atoms with van der Waals surface area (Å²) in [5.41, 5.74) is 1.52. The SMILES string of the molecule is CCCCOc1ccc(S(=O)(=O)N2CCOCC2)cc1-c1nc2c([nH]1)c1nncn1c(=O)n2CCC. The number of aromatic amines is 1. The molecule has 13 heteroatoms. The number of unbranched alkanes of at least 4 members (excludes halogenated alkanes) is 1. The molecule has 0 aliphatic carbocycles. The van der Waals surface area contributed by atoms with E-state index in [1.165, 1.54) is 15.0 Å². The fraction of sp³-hybridized carbons (Fsp3) is 0.478. The summed E-state index contributed by atoms with van der Waals surface area (Å²) in [6.45, 7) is 6.29. The molecule has 0 saturated carbocycles. The molecule has 1 N–H and O–H groups in total. The first-order chi connectivity index (χ1) is 17.5. The minimum absolute atomic E-state index is 0.140. The molecule has 0 unspecified atom stereocenters. The number of imidazole rings is 1. The third-order valence-electron chi connectivity index (χ3n) is 6.17. The average molecular weight is 516 g/mol. The van der Waals surface area contributed by atoms with Crippen molar-refractivity contribution in [3.05, 3.63) is 35.0 Å². The van der Waals surface area contributed by atoms with Crippen molar-refractivity contribution in [3.8, 4) is 17.1 Å². The third-order valence-corrected chi connectivity index (χ3v) is 8.06. The van der Waals surface area contributed by atoms with Crippen LogP contribution in [0.3, 0.4) is 0 Å². The maximum absolute atomic E-state index is 13.4. The molecule has 1 aliphatic heterocycles. The number of benzene rings is 1. The minimum Gasteiger partial charge on any atom is -0.493 e. The fourth-order valence-corrected chi connectivity index (χ4v) is 5.71. The van der Waals surface area contributed by atoms with Crippen molar-refractivity contribution in [1.29, 1.82) is 0 Å². The number of aromatic nitrogens is 6. The molecule has 0 amide bonds. The Hall–Kier alpha value is -3.29. The number of ether oxygens (including phenoxy) is 2. The van der Waals surface area contributed by atoms with Crippen LogP contribution in [-0.4, -0.2) is 74.8 Å². The van der Waals surface area contributed by atoms with E-state index in [1.54, 1.807) is 22.8 Å². The van der Waals surface area contributed by atoms with Crippen molar-refractivity contribution in [2.45, 2.75) is 44.6 Å². The summed E-state index contributed by atoms with van der Waals surface area (Å²) in [5.74, 6) is 0.890. The second-order valence-corrected chi connectivity index (χ2v) is 10.6. The van der Waals surface area contributed by atoms with E-state index in [0.29, 0.717) is 73.4 Å². The third kappa shape index (κ3) is 4.27. The van der Waals surface area contributed by atoms with Crippen molar-refractivity contribution in [2.75, 3.05) is 32.9 Å². The number of nitrogens with zero attached hydrogens (tertiary/aromatic N) is 6. The molecular formula is C23H29N7O5S. The summed E-state index contributed by atoms with van der Waals surface area (Å²) in [4.78, 5) is 21.1. The number of aryl methyl sites for hydroxylation is 1. The van der Waals surface area contributed by atoms with Gasteiger partial charge in [-0.05, 0) is 31.0 Å². The zero-order chi connectivity index (χ0) is 25.3. The Balaban J connectivity index is 1.68. The lowest BCUT2D eigenvalue weighted by Crippen LogP contribution is -2.40. The average Bonchev–Trinajstić information content (AvgIpc) is 3.55. The molecule has 36 heavy (non-hydrogen) atoms. The fourth-order valence-electron chi connectivity index (χ4n) is 4.28.